The largest absolute Gasteiger partial charge is 0.399 e. The molecule has 78 heavy (non-hydrogen) atoms. The van der Waals surface area contributed by atoms with Crippen molar-refractivity contribution in [3.05, 3.63) is 0 Å². The Balaban J connectivity index is 2.55. The molecule has 0 spiro atoms. The Labute approximate surface area is 436 Å². The Morgan fingerprint density at radius 2 is 0.423 bits per heavy atom. The molecule has 0 aromatic carbocycles. The highest BCUT2D eigenvalue weighted by Gasteiger charge is 2.61. The molecule has 15 atom stereocenters. The van der Waals surface area contributed by atoms with Gasteiger partial charge in [0.25, 0.3) is 0 Å². The minimum atomic E-state index is -6.59. The molecule has 0 unspecified atom stereocenters. The Hall–Kier alpha value is -1.63. The van der Waals surface area contributed by atoms with Crippen molar-refractivity contribution >= 4 is 114 Å². The van der Waals surface area contributed by atoms with Crippen LogP contribution in [-0.4, -0.2) is 255 Å². The van der Waals surface area contributed by atoms with Gasteiger partial charge in [-0.25, -0.2) is 46.0 Å². The quantitative estimate of drug-likeness (QED) is 0.0310. The molecular formula is C18H32O49S11. The fourth-order valence-electron chi connectivity index (χ4n) is 6.29. The number of ether oxygens (including phenoxy) is 5. The second-order valence-electron chi connectivity index (χ2n) is 13.9. The fraction of sp³-hybridized carbons (Fsp3) is 1.00. The van der Waals surface area contributed by atoms with Crippen LogP contribution >= 0.6 is 0 Å². The predicted octanol–water partition coefficient (Wildman–Crippen LogP) is -9.47. The van der Waals surface area contributed by atoms with E-state index in [2.05, 4.69) is 46.0 Å². The van der Waals surface area contributed by atoms with E-state index in [1.165, 1.54) is 0 Å². The molecule has 3 rings (SSSR count). The van der Waals surface area contributed by atoms with Crippen LogP contribution in [-0.2, 0) is 184 Å². The topological polar surface area (TPSA) is 746 Å². The Bertz CT molecular complexity index is 3410. The fourth-order valence-corrected chi connectivity index (χ4v) is 11.1. The summed E-state index contributed by atoms with van der Waals surface area (Å²) in [7, 11) is -69.1. The number of rotatable bonds is 29. The van der Waals surface area contributed by atoms with E-state index in [4.69, 9.17) is 28.2 Å². The van der Waals surface area contributed by atoms with Crippen LogP contribution < -0.4 is 0 Å². The van der Waals surface area contributed by atoms with E-state index in [0.29, 0.717) is 0 Å². The first kappa shape index (κ1) is 70.6. The van der Waals surface area contributed by atoms with Crippen LogP contribution in [0.3, 0.4) is 0 Å². The summed E-state index contributed by atoms with van der Waals surface area (Å²) in [6, 6.07) is 0. The van der Waals surface area contributed by atoms with Gasteiger partial charge in [0, 0.05) is 0 Å². The summed E-state index contributed by atoms with van der Waals surface area (Å²) >= 11 is 0. The highest BCUT2D eigenvalue weighted by Crippen LogP contribution is 2.40. The maximum Gasteiger partial charge on any atom is 0.399 e. The highest BCUT2D eigenvalue weighted by atomic mass is 32.3. The Morgan fingerprint density at radius 1 is 0.231 bits per heavy atom. The lowest BCUT2D eigenvalue weighted by Crippen LogP contribution is -2.69. The lowest BCUT2D eigenvalue weighted by Gasteiger charge is -2.49. The molecule has 3 heterocycles. The van der Waals surface area contributed by atoms with Gasteiger partial charge >= 0.3 is 114 Å². The van der Waals surface area contributed by atoms with Crippen molar-refractivity contribution in [1.82, 2.24) is 0 Å². The zero-order valence-electron chi connectivity index (χ0n) is 35.7. The molecule has 3 saturated heterocycles. The molecule has 0 radical (unpaired) electrons. The van der Waals surface area contributed by atoms with Crippen molar-refractivity contribution in [1.29, 1.82) is 0 Å². The minimum Gasteiger partial charge on any atom is -0.341 e. The van der Waals surface area contributed by atoms with Gasteiger partial charge in [-0.15, -0.1) is 0 Å². The van der Waals surface area contributed by atoms with Gasteiger partial charge in [0.05, 0.1) is 19.8 Å². The van der Waals surface area contributed by atoms with Crippen LogP contribution in [0.1, 0.15) is 0 Å². The summed E-state index contributed by atoms with van der Waals surface area (Å²) in [6.45, 7) is -6.49. The first-order valence-electron chi connectivity index (χ1n) is 17.8. The van der Waals surface area contributed by atoms with Gasteiger partial charge in [-0.05, 0) is 0 Å². The van der Waals surface area contributed by atoms with Crippen LogP contribution in [0.15, 0.2) is 0 Å². The van der Waals surface area contributed by atoms with Gasteiger partial charge in [-0.1, -0.05) is 0 Å². The SMILES string of the molecule is O=S(=O)(O)OC[C@H]1O[C@@H](O[C@H]2[C@H](OS(=O)(=O)O)[C@@H](OS(=O)(=O)O)[C@H](OS(=O)(=O)O)O[C@@H]2COS(=O)(=O)O)[C@H](OS(=O)(=O)O)[C@@H](OS(=O)(=O)O)[C@@H]1O[C@@H]1O[C@H](COS(=O)(=O)O)[C@@H](OS(=O)(=O)O)[C@H](OS(=O)(=O)O)[C@H]1OS(=O)(=O)O. The summed E-state index contributed by atoms with van der Waals surface area (Å²) in [5.41, 5.74) is 0. The highest BCUT2D eigenvalue weighted by molar-refractivity contribution is 7.83. The van der Waals surface area contributed by atoms with E-state index in [9.17, 15) is 138 Å². The van der Waals surface area contributed by atoms with E-state index in [-0.39, 0.29) is 0 Å². The second-order valence-corrected chi connectivity index (χ2v) is 25.6. The Morgan fingerprint density at radius 3 is 0.667 bits per heavy atom. The predicted molar refractivity (Wildman–Crippen MR) is 216 cm³/mol. The molecule has 0 aromatic rings. The molecule has 0 aliphatic carbocycles. The monoisotopic (exact) mass is 1380 g/mol. The van der Waals surface area contributed by atoms with Crippen molar-refractivity contribution in [2.75, 3.05) is 19.8 Å². The van der Waals surface area contributed by atoms with Crippen LogP contribution in [0.2, 0.25) is 0 Å². The van der Waals surface area contributed by atoms with Crippen molar-refractivity contribution in [2.24, 2.45) is 0 Å². The molecule has 0 bridgehead atoms. The van der Waals surface area contributed by atoms with Crippen molar-refractivity contribution in [2.45, 2.75) is 92.1 Å². The zero-order valence-corrected chi connectivity index (χ0v) is 44.7. The molecule has 3 aliphatic rings. The van der Waals surface area contributed by atoms with Gasteiger partial charge in [0.15, 0.2) is 30.9 Å². The van der Waals surface area contributed by atoms with Gasteiger partial charge in [0.1, 0.15) is 54.9 Å². The molecule has 0 saturated carbocycles. The molecule has 3 aliphatic heterocycles. The van der Waals surface area contributed by atoms with Crippen LogP contribution in [0, 0.1) is 0 Å². The summed E-state index contributed by atoms with van der Waals surface area (Å²) < 4.78 is 439. The molecule has 0 amide bonds. The number of hydrogen-bond acceptors (Lipinski definition) is 38. The lowest BCUT2D eigenvalue weighted by atomic mass is 9.96. The van der Waals surface area contributed by atoms with Crippen molar-refractivity contribution < 1.29 is 212 Å². The maximum atomic E-state index is 12.5. The van der Waals surface area contributed by atoms with Gasteiger partial charge in [-0.3, -0.25) is 50.1 Å². The molecule has 464 valence electrons. The molecule has 0 aromatic heterocycles. The van der Waals surface area contributed by atoms with E-state index in [1.807, 2.05) is 0 Å². The minimum absolute atomic E-state index is 2.11. The molecule has 60 heteroatoms. The lowest BCUT2D eigenvalue weighted by molar-refractivity contribution is -0.366. The van der Waals surface area contributed by atoms with Crippen LogP contribution in [0.5, 0.6) is 0 Å². The van der Waals surface area contributed by atoms with E-state index >= 15 is 0 Å². The average Bonchev–Trinajstić information content (AvgIpc) is 3.14. The number of hydrogen-bond donors (Lipinski definition) is 11. The van der Waals surface area contributed by atoms with Crippen LogP contribution in [0.25, 0.3) is 0 Å². The molecule has 3 fully saturated rings. The first-order valence-corrected chi connectivity index (χ1v) is 32.9. The second kappa shape index (κ2) is 25.3. The third kappa shape index (κ3) is 25.9. The van der Waals surface area contributed by atoms with E-state index < -0.39 is 226 Å². The first-order chi connectivity index (χ1) is 34.5. The summed E-state index contributed by atoms with van der Waals surface area (Å²) in [4.78, 5) is 0. The molecule has 11 N–H and O–H groups in total. The normalized spacial score (nSPS) is 31.9. The standard InChI is InChI=1S/C18H32O49S11/c19-68(20,21)52-1-4-7(58-17-14(65-76(43,44)45)12(63-74(37,38)39)9(60-71(28,29)30)6(56-17)3-54-70(25,26)27)10(61-72(31,32)33)13(64-75(40,41)42)16(55-4)59-8-5(2-53-69(22,23)24)57-18(67-78(49,50)51)15(66-77(46,47)48)11(8)62-73(34,35)36/h4-18H,1-3H2,(H,19,20,21)(H,22,23,24)(H,25,26,27)(H,28,29,30)(H,31,32,33)(H,34,35,36)(H,37,38,39)(H,40,41,42)(H,43,44,45)(H,46,47,48)(H,49,50,51)/t4-,5-,6-,7-,8-,9-,10+,11+,12+,13-,14-,15-,16+,17+,18+/m1/s1. The Kier molecular flexibility index (Phi) is 22.9. The maximum absolute atomic E-state index is 12.5. The van der Waals surface area contributed by atoms with E-state index in [0.717, 1.165) is 0 Å². The summed E-state index contributed by atoms with van der Waals surface area (Å²) in [6.07, 6.45) is -52.4. The van der Waals surface area contributed by atoms with Crippen molar-refractivity contribution in [3.63, 3.8) is 0 Å². The van der Waals surface area contributed by atoms with Crippen molar-refractivity contribution in [3.8, 4) is 0 Å². The molecule has 49 nitrogen and oxygen atoms in total. The van der Waals surface area contributed by atoms with Gasteiger partial charge in [0.2, 0.25) is 6.29 Å². The third-order valence-corrected chi connectivity index (χ3v) is 13.3. The smallest absolute Gasteiger partial charge is 0.341 e. The third-order valence-electron chi connectivity index (χ3n) is 8.35. The average molecular weight is 1390 g/mol. The molecular weight excluding hydrogens is 1350 g/mol. The van der Waals surface area contributed by atoms with Gasteiger partial charge < -0.3 is 23.7 Å². The van der Waals surface area contributed by atoms with Crippen LogP contribution in [0.4, 0.5) is 0 Å². The summed E-state index contributed by atoms with van der Waals surface area (Å²) in [5.74, 6) is 0. The summed E-state index contributed by atoms with van der Waals surface area (Å²) in [5, 5.41) is 0. The van der Waals surface area contributed by atoms with E-state index in [1.54, 1.807) is 0 Å². The zero-order chi connectivity index (χ0) is 60.6. The van der Waals surface area contributed by atoms with Gasteiger partial charge in [-0.2, -0.15) is 92.6 Å².